The Bertz CT molecular complexity index is 472. The van der Waals surface area contributed by atoms with Gasteiger partial charge in [0.15, 0.2) is 0 Å². The largest absolute Gasteiger partial charge is 0.385 e. The van der Waals surface area contributed by atoms with Crippen molar-refractivity contribution in [2.24, 2.45) is 0 Å². The van der Waals surface area contributed by atoms with Gasteiger partial charge in [0, 0.05) is 25.3 Å². The van der Waals surface area contributed by atoms with Gasteiger partial charge in [-0.3, -0.25) is 9.48 Å². The Balaban J connectivity index is 1.87. The third-order valence-corrected chi connectivity index (χ3v) is 3.65. The molecule has 1 aliphatic rings. The maximum absolute atomic E-state index is 11.9. The van der Waals surface area contributed by atoms with Crippen molar-refractivity contribution in [1.82, 2.24) is 15.1 Å². The number of aromatic nitrogens is 2. The van der Waals surface area contributed by atoms with Crippen LogP contribution in [0.2, 0.25) is 0 Å². The van der Waals surface area contributed by atoms with E-state index in [1.54, 1.807) is 4.68 Å². The number of ether oxygens (including phenoxy) is 1. The third-order valence-electron chi connectivity index (χ3n) is 3.65. The van der Waals surface area contributed by atoms with Gasteiger partial charge in [-0.25, -0.2) is 0 Å². The van der Waals surface area contributed by atoms with Gasteiger partial charge < -0.3 is 15.2 Å². The molecule has 1 aromatic rings. The van der Waals surface area contributed by atoms with Crippen molar-refractivity contribution >= 4 is 5.91 Å². The van der Waals surface area contributed by atoms with Gasteiger partial charge in [0.25, 0.3) is 0 Å². The van der Waals surface area contributed by atoms with Crippen LogP contribution in [0.3, 0.4) is 0 Å². The summed E-state index contributed by atoms with van der Waals surface area (Å²) in [5.74, 6) is -0.154. The van der Waals surface area contributed by atoms with Crippen LogP contribution >= 0.6 is 0 Å². The number of nitrogens with zero attached hydrogens (tertiary/aromatic N) is 2. The van der Waals surface area contributed by atoms with Crippen molar-refractivity contribution in [2.45, 2.75) is 45.4 Å². The second kappa shape index (κ2) is 5.30. The van der Waals surface area contributed by atoms with Gasteiger partial charge in [-0.2, -0.15) is 5.10 Å². The molecule has 1 fully saturated rings. The summed E-state index contributed by atoms with van der Waals surface area (Å²) in [4.78, 5) is 11.9. The zero-order chi connectivity index (χ0) is 14.0. The fraction of sp³-hybridized carbons (Fsp3) is 0.692. The monoisotopic (exact) mass is 267 g/mol. The highest BCUT2D eigenvalue weighted by Gasteiger charge is 2.39. The summed E-state index contributed by atoms with van der Waals surface area (Å²) < 4.78 is 6.98. The average Bonchev–Trinajstić information content (AvgIpc) is 2.82. The number of nitrogens with one attached hydrogen (secondary N) is 1. The summed E-state index contributed by atoms with van der Waals surface area (Å²) in [6.45, 7) is 6.54. The molecule has 0 bridgehead atoms. The first-order chi connectivity index (χ1) is 8.90. The molecule has 6 nitrogen and oxygen atoms in total. The van der Waals surface area contributed by atoms with E-state index in [9.17, 15) is 9.90 Å². The first-order valence-electron chi connectivity index (χ1n) is 6.52. The molecule has 0 aromatic carbocycles. The van der Waals surface area contributed by atoms with E-state index in [0.29, 0.717) is 13.0 Å². The molecule has 2 unspecified atom stereocenters. The molecule has 2 rings (SSSR count). The standard InChI is InChI=1S/C13H21N3O3/c1-9-6-10(2)16(15-9)7-12(17)14-8-13(18)4-5-19-11(13)3/h6,11,18H,4-5,7-8H2,1-3H3,(H,14,17). The first kappa shape index (κ1) is 14.0. The molecular formula is C13H21N3O3. The van der Waals surface area contributed by atoms with E-state index in [-0.39, 0.29) is 25.1 Å². The molecule has 1 saturated heterocycles. The van der Waals surface area contributed by atoms with Gasteiger partial charge >= 0.3 is 0 Å². The highest BCUT2D eigenvalue weighted by molar-refractivity contribution is 5.75. The smallest absolute Gasteiger partial charge is 0.241 e. The molecular weight excluding hydrogens is 246 g/mol. The highest BCUT2D eigenvalue weighted by atomic mass is 16.5. The molecule has 19 heavy (non-hydrogen) atoms. The lowest BCUT2D eigenvalue weighted by Gasteiger charge is -2.26. The van der Waals surface area contributed by atoms with E-state index < -0.39 is 5.60 Å². The number of carbonyl (C=O) groups excluding carboxylic acids is 1. The summed E-state index contributed by atoms with van der Waals surface area (Å²) in [6, 6.07) is 1.92. The van der Waals surface area contributed by atoms with Crippen LogP contribution in [0.5, 0.6) is 0 Å². The van der Waals surface area contributed by atoms with Crippen LogP contribution in [0.1, 0.15) is 24.7 Å². The van der Waals surface area contributed by atoms with Gasteiger partial charge in [0.05, 0.1) is 11.8 Å². The Hall–Kier alpha value is -1.40. The summed E-state index contributed by atoms with van der Waals surface area (Å²) in [5, 5.41) is 17.3. The second-order valence-corrected chi connectivity index (χ2v) is 5.23. The Kier molecular flexibility index (Phi) is 3.91. The van der Waals surface area contributed by atoms with E-state index >= 15 is 0 Å². The van der Waals surface area contributed by atoms with Crippen LogP contribution in [-0.2, 0) is 16.1 Å². The summed E-state index contributed by atoms with van der Waals surface area (Å²) in [5.41, 5.74) is 0.885. The molecule has 0 aliphatic carbocycles. The normalized spacial score (nSPS) is 26.6. The maximum atomic E-state index is 11.9. The predicted molar refractivity (Wildman–Crippen MR) is 69.7 cm³/mol. The number of hydrogen-bond acceptors (Lipinski definition) is 4. The van der Waals surface area contributed by atoms with Crippen LogP contribution in [0.15, 0.2) is 6.07 Å². The second-order valence-electron chi connectivity index (χ2n) is 5.23. The van der Waals surface area contributed by atoms with E-state index in [4.69, 9.17) is 4.74 Å². The molecule has 0 spiro atoms. The summed E-state index contributed by atoms with van der Waals surface area (Å²) in [6.07, 6.45) is 0.301. The van der Waals surface area contributed by atoms with E-state index in [1.807, 2.05) is 26.8 Å². The topological polar surface area (TPSA) is 76.4 Å². The van der Waals surface area contributed by atoms with Crippen LogP contribution in [0.4, 0.5) is 0 Å². The number of rotatable bonds is 4. The quantitative estimate of drug-likeness (QED) is 0.814. The number of carbonyl (C=O) groups is 1. The number of hydrogen-bond donors (Lipinski definition) is 2. The molecule has 6 heteroatoms. The lowest BCUT2D eigenvalue weighted by Crippen LogP contribution is -2.48. The molecule has 106 valence electrons. The molecule has 1 amide bonds. The Morgan fingerprint density at radius 1 is 1.68 bits per heavy atom. The van der Waals surface area contributed by atoms with Crippen LogP contribution in [0, 0.1) is 13.8 Å². The van der Waals surface area contributed by atoms with E-state index in [1.165, 1.54) is 0 Å². The van der Waals surface area contributed by atoms with Crippen molar-refractivity contribution in [1.29, 1.82) is 0 Å². The van der Waals surface area contributed by atoms with Crippen molar-refractivity contribution in [3.8, 4) is 0 Å². The fourth-order valence-electron chi connectivity index (χ4n) is 2.28. The van der Waals surface area contributed by atoms with Gasteiger partial charge in [-0.15, -0.1) is 0 Å². The minimum atomic E-state index is -0.954. The maximum Gasteiger partial charge on any atom is 0.241 e. The molecule has 1 aliphatic heterocycles. The van der Waals surface area contributed by atoms with Gasteiger partial charge in [0.1, 0.15) is 12.1 Å². The molecule has 2 N–H and O–H groups in total. The minimum Gasteiger partial charge on any atom is -0.385 e. The number of amides is 1. The van der Waals surface area contributed by atoms with Gasteiger partial charge in [-0.05, 0) is 26.8 Å². The van der Waals surface area contributed by atoms with Gasteiger partial charge in [0.2, 0.25) is 5.91 Å². The number of aliphatic hydroxyl groups is 1. The Labute approximate surface area is 112 Å². The highest BCUT2D eigenvalue weighted by Crippen LogP contribution is 2.24. The molecule has 2 heterocycles. The summed E-state index contributed by atoms with van der Waals surface area (Å²) >= 11 is 0. The zero-order valence-electron chi connectivity index (χ0n) is 11.6. The van der Waals surface area contributed by atoms with Crippen molar-refractivity contribution in [3.05, 3.63) is 17.5 Å². The van der Waals surface area contributed by atoms with E-state index in [2.05, 4.69) is 10.4 Å². The third kappa shape index (κ3) is 3.13. The summed E-state index contributed by atoms with van der Waals surface area (Å²) in [7, 11) is 0. The minimum absolute atomic E-state index is 0.154. The molecule has 0 radical (unpaired) electrons. The van der Waals surface area contributed by atoms with Crippen molar-refractivity contribution < 1.29 is 14.6 Å². The molecule has 1 aromatic heterocycles. The Morgan fingerprint density at radius 2 is 2.42 bits per heavy atom. The predicted octanol–water partition coefficient (Wildman–Crippen LogP) is 0.156. The zero-order valence-corrected chi connectivity index (χ0v) is 11.6. The Morgan fingerprint density at radius 3 is 2.95 bits per heavy atom. The van der Waals surface area contributed by atoms with Crippen molar-refractivity contribution in [3.63, 3.8) is 0 Å². The lowest BCUT2D eigenvalue weighted by molar-refractivity contribution is -0.123. The van der Waals surface area contributed by atoms with Crippen LogP contribution < -0.4 is 5.32 Å². The fourth-order valence-corrected chi connectivity index (χ4v) is 2.28. The van der Waals surface area contributed by atoms with Gasteiger partial charge in [-0.1, -0.05) is 0 Å². The lowest BCUT2D eigenvalue weighted by atomic mass is 9.97. The van der Waals surface area contributed by atoms with E-state index in [0.717, 1.165) is 11.4 Å². The molecule has 2 atom stereocenters. The number of aryl methyl sites for hydroxylation is 2. The SMILES string of the molecule is Cc1cc(C)n(CC(=O)NCC2(O)CCOC2C)n1. The van der Waals surface area contributed by atoms with Crippen LogP contribution in [0.25, 0.3) is 0 Å². The van der Waals surface area contributed by atoms with Crippen molar-refractivity contribution in [2.75, 3.05) is 13.2 Å². The first-order valence-corrected chi connectivity index (χ1v) is 6.52. The average molecular weight is 267 g/mol. The van der Waals surface area contributed by atoms with Crippen LogP contribution in [-0.4, -0.2) is 45.7 Å². The molecule has 0 saturated carbocycles.